The molecule has 0 fully saturated rings. The van der Waals surface area contributed by atoms with Gasteiger partial charge < -0.3 is 9.30 Å². The number of hydrogen-bond acceptors (Lipinski definition) is 3. The standard InChI is InChI=1S/C16H18BrN3O3/c1-3-11-6-4-5-7-14(11)23-10-15(21)18-19-16(22)13-8-12(17)9-20(13)2/h4-9H,3,10H2,1-2H3,(H,18,21)(H,19,22). The first kappa shape index (κ1) is 17.1. The van der Waals surface area contributed by atoms with E-state index in [1.165, 1.54) is 0 Å². The fourth-order valence-electron chi connectivity index (χ4n) is 2.06. The lowest BCUT2D eigenvalue weighted by molar-refractivity contribution is -0.123. The van der Waals surface area contributed by atoms with Crippen molar-refractivity contribution in [1.82, 2.24) is 15.4 Å². The van der Waals surface area contributed by atoms with E-state index in [1.54, 1.807) is 23.9 Å². The van der Waals surface area contributed by atoms with Gasteiger partial charge in [0.05, 0.1) is 0 Å². The summed E-state index contributed by atoms with van der Waals surface area (Å²) in [4.78, 5) is 23.7. The van der Waals surface area contributed by atoms with Gasteiger partial charge in [0, 0.05) is 17.7 Å². The van der Waals surface area contributed by atoms with Gasteiger partial charge in [-0.1, -0.05) is 25.1 Å². The Morgan fingerprint density at radius 1 is 1.26 bits per heavy atom. The van der Waals surface area contributed by atoms with Gasteiger partial charge in [0.15, 0.2) is 6.61 Å². The second-order valence-corrected chi connectivity index (χ2v) is 5.82. The van der Waals surface area contributed by atoms with Gasteiger partial charge in [-0.05, 0) is 40.0 Å². The van der Waals surface area contributed by atoms with Crippen molar-refractivity contribution < 1.29 is 14.3 Å². The number of rotatable bonds is 5. The highest BCUT2D eigenvalue weighted by molar-refractivity contribution is 9.10. The van der Waals surface area contributed by atoms with Crippen LogP contribution in [-0.4, -0.2) is 23.0 Å². The Morgan fingerprint density at radius 3 is 2.65 bits per heavy atom. The Kier molecular flexibility index (Phi) is 5.81. The van der Waals surface area contributed by atoms with Gasteiger partial charge in [-0.25, -0.2) is 0 Å². The van der Waals surface area contributed by atoms with Crippen molar-refractivity contribution in [3.63, 3.8) is 0 Å². The van der Waals surface area contributed by atoms with Crippen molar-refractivity contribution in [1.29, 1.82) is 0 Å². The Morgan fingerprint density at radius 2 is 2.00 bits per heavy atom. The summed E-state index contributed by atoms with van der Waals surface area (Å²) in [5, 5.41) is 0. The number of aromatic nitrogens is 1. The molecule has 2 amide bonds. The van der Waals surface area contributed by atoms with Crippen LogP contribution in [0.15, 0.2) is 41.0 Å². The summed E-state index contributed by atoms with van der Waals surface area (Å²) in [5.41, 5.74) is 6.14. The quantitative estimate of drug-likeness (QED) is 0.782. The molecule has 0 aliphatic rings. The van der Waals surface area contributed by atoms with E-state index >= 15 is 0 Å². The summed E-state index contributed by atoms with van der Waals surface area (Å²) < 4.78 is 7.92. The van der Waals surface area contributed by atoms with Gasteiger partial charge in [-0.15, -0.1) is 0 Å². The Hall–Kier alpha value is -2.28. The molecular weight excluding hydrogens is 362 g/mol. The number of hydrogen-bond donors (Lipinski definition) is 2. The van der Waals surface area contributed by atoms with E-state index in [9.17, 15) is 9.59 Å². The third kappa shape index (κ3) is 4.59. The molecule has 0 radical (unpaired) electrons. The second kappa shape index (κ2) is 7.82. The molecule has 0 bridgehead atoms. The van der Waals surface area contributed by atoms with Crippen LogP contribution in [0.4, 0.5) is 0 Å². The van der Waals surface area contributed by atoms with E-state index in [-0.39, 0.29) is 6.61 Å². The topological polar surface area (TPSA) is 72.4 Å². The number of nitrogens with zero attached hydrogens (tertiary/aromatic N) is 1. The largest absolute Gasteiger partial charge is 0.483 e. The first-order chi connectivity index (χ1) is 11.0. The van der Waals surface area contributed by atoms with Crippen molar-refractivity contribution in [2.24, 2.45) is 7.05 Å². The van der Waals surface area contributed by atoms with E-state index in [0.717, 1.165) is 16.5 Å². The Bertz CT molecular complexity index is 712. The first-order valence-corrected chi connectivity index (χ1v) is 7.92. The molecule has 0 saturated heterocycles. The number of hydrazine groups is 1. The zero-order chi connectivity index (χ0) is 16.8. The van der Waals surface area contributed by atoms with Crippen LogP contribution in [0.5, 0.6) is 5.75 Å². The molecule has 0 spiro atoms. The van der Waals surface area contributed by atoms with Gasteiger partial charge >= 0.3 is 0 Å². The molecule has 6 nitrogen and oxygen atoms in total. The fourth-order valence-corrected chi connectivity index (χ4v) is 2.58. The van der Waals surface area contributed by atoms with Crippen LogP contribution in [0.1, 0.15) is 23.0 Å². The third-order valence-electron chi connectivity index (χ3n) is 3.23. The van der Waals surface area contributed by atoms with E-state index in [2.05, 4.69) is 26.8 Å². The number of carbonyl (C=O) groups excluding carboxylic acids is 2. The molecule has 1 heterocycles. The molecule has 1 aromatic heterocycles. The van der Waals surface area contributed by atoms with Gasteiger partial charge in [0.2, 0.25) is 0 Å². The van der Waals surface area contributed by atoms with E-state index in [0.29, 0.717) is 11.4 Å². The third-order valence-corrected chi connectivity index (χ3v) is 3.67. The van der Waals surface area contributed by atoms with Crippen LogP contribution >= 0.6 is 15.9 Å². The summed E-state index contributed by atoms with van der Waals surface area (Å²) in [7, 11) is 1.74. The number of aryl methyl sites for hydroxylation is 2. The lowest BCUT2D eigenvalue weighted by atomic mass is 10.1. The lowest BCUT2D eigenvalue weighted by Gasteiger charge is -2.11. The predicted octanol–water partition coefficient (Wildman–Crippen LogP) is 2.19. The number of amides is 2. The van der Waals surface area contributed by atoms with Gasteiger partial charge in [0.1, 0.15) is 11.4 Å². The van der Waals surface area contributed by atoms with Crippen molar-refractivity contribution in [3.8, 4) is 5.75 Å². The molecule has 2 rings (SSSR count). The van der Waals surface area contributed by atoms with Gasteiger partial charge in [-0.3, -0.25) is 20.4 Å². The molecule has 1 aromatic carbocycles. The number of benzene rings is 1. The number of para-hydroxylation sites is 1. The maximum absolute atomic E-state index is 11.9. The van der Waals surface area contributed by atoms with Crippen LogP contribution in [0.3, 0.4) is 0 Å². The van der Waals surface area contributed by atoms with Crippen LogP contribution in [0, 0.1) is 0 Å². The zero-order valence-corrected chi connectivity index (χ0v) is 14.5. The minimum Gasteiger partial charge on any atom is -0.483 e. The highest BCUT2D eigenvalue weighted by Crippen LogP contribution is 2.18. The zero-order valence-electron chi connectivity index (χ0n) is 12.9. The second-order valence-electron chi connectivity index (χ2n) is 4.91. The van der Waals surface area contributed by atoms with Crippen molar-refractivity contribution in [3.05, 3.63) is 52.3 Å². The van der Waals surface area contributed by atoms with E-state index < -0.39 is 11.8 Å². The minimum atomic E-state index is -0.433. The summed E-state index contributed by atoms with van der Waals surface area (Å²) in [6, 6.07) is 9.19. The van der Waals surface area contributed by atoms with Crippen LogP contribution < -0.4 is 15.6 Å². The van der Waals surface area contributed by atoms with Crippen molar-refractivity contribution >= 4 is 27.7 Å². The number of ether oxygens (including phenoxy) is 1. The molecule has 0 aliphatic heterocycles. The molecule has 122 valence electrons. The molecule has 0 saturated carbocycles. The van der Waals surface area contributed by atoms with Gasteiger partial charge in [0.25, 0.3) is 11.8 Å². The number of nitrogens with one attached hydrogen (secondary N) is 2. The molecular formula is C16H18BrN3O3. The molecule has 2 aromatic rings. The highest BCUT2D eigenvalue weighted by atomic mass is 79.9. The van der Waals surface area contributed by atoms with Crippen molar-refractivity contribution in [2.75, 3.05) is 6.61 Å². The fraction of sp³-hybridized carbons (Fsp3) is 0.250. The summed E-state index contributed by atoms with van der Waals surface area (Å²) in [6.45, 7) is 1.84. The monoisotopic (exact) mass is 379 g/mol. The maximum Gasteiger partial charge on any atom is 0.286 e. The molecule has 2 N–H and O–H groups in total. The highest BCUT2D eigenvalue weighted by Gasteiger charge is 2.12. The maximum atomic E-state index is 11.9. The average Bonchev–Trinajstić information content (AvgIpc) is 2.89. The number of halogens is 1. The first-order valence-electron chi connectivity index (χ1n) is 7.13. The van der Waals surface area contributed by atoms with Crippen LogP contribution in [0.25, 0.3) is 0 Å². The normalized spacial score (nSPS) is 10.2. The smallest absolute Gasteiger partial charge is 0.286 e. The summed E-state index contributed by atoms with van der Waals surface area (Å²) >= 11 is 3.29. The van der Waals surface area contributed by atoms with Crippen LogP contribution in [-0.2, 0) is 18.3 Å². The van der Waals surface area contributed by atoms with Crippen molar-refractivity contribution in [2.45, 2.75) is 13.3 Å². The minimum absolute atomic E-state index is 0.172. The van der Waals surface area contributed by atoms with Gasteiger partial charge in [-0.2, -0.15) is 0 Å². The lowest BCUT2D eigenvalue weighted by Crippen LogP contribution is -2.44. The Labute approximate surface area is 142 Å². The molecule has 0 aliphatic carbocycles. The molecule has 0 atom stereocenters. The number of carbonyl (C=O) groups is 2. The van der Waals surface area contributed by atoms with E-state index in [1.807, 2.05) is 31.2 Å². The van der Waals surface area contributed by atoms with Crippen LogP contribution in [0.2, 0.25) is 0 Å². The SMILES string of the molecule is CCc1ccccc1OCC(=O)NNC(=O)c1cc(Br)cn1C. The summed E-state index contributed by atoms with van der Waals surface area (Å²) in [5.74, 6) is -0.166. The average molecular weight is 380 g/mol. The predicted molar refractivity (Wildman–Crippen MR) is 90.0 cm³/mol. The molecule has 23 heavy (non-hydrogen) atoms. The summed E-state index contributed by atoms with van der Waals surface area (Å²) in [6.07, 6.45) is 2.57. The molecule has 0 unspecified atom stereocenters. The molecule has 7 heteroatoms. The Balaban J connectivity index is 1.83. The van der Waals surface area contributed by atoms with E-state index in [4.69, 9.17) is 4.74 Å².